The van der Waals surface area contributed by atoms with Gasteiger partial charge < -0.3 is 10.1 Å². The van der Waals surface area contributed by atoms with E-state index in [0.717, 1.165) is 10.5 Å². The Balaban J connectivity index is 1.87. The van der Waals surface area contributed by atoms with Crippen LogP contribution >= 0.6 is 11.8 Å². The van der Waals surface area contributed by atoms with Crippen LogP contribution in [-0.2, 0) is 26.2 Å². The quantitative estimate of drug-likeness (QED) is 0.442. The average Bonchev–Trinajstić information content (AvgIpc) is 2.77. The van der Waals surface area contributed by atoms with Gasteiger partial charge in [-0.1, -0.05) is 26.0 Å². The second kappa shape index (κ2) is 11.1. The molecule has 0 aliphatic rings. The van der Waals surface area contributed by atoms with Gasteiger partial charge in [0.05, 0.1) is 4.90 Å². The van der Waals surface area contributed by atoms with Crippen LogP contribution in [0.3, 0.4) is 0 Å². The number of amides is 1. The Kier molecular flexibility index (Phi) is 8.88. The molecule has 0 saturated carbocycles. The number of benzene rings is 2. The van der Waals surface area contributed by atoms with E-state index >= 15 is 0 Å². The largest absolute Gasteiger partial charge is 0.460 e. The van der Waals surface area contributed by atoms with Crippen molar-refractivity contribution in [2.45, 2.75) is 30.2 Å². The summed E-state index contributed by atoms with van der Waals surface area (Å²) in [6.45, 7) is 4.11. The third-order valence-electron chi connectivity index (χ3n) is 4.41. The Morgan fingerprint density at radius 3 is 2.13 bits per heavy atom. The highest BCUT2D eigenvalue weighted by molar-refractivity contribution is 7.98. The Morgan fingerprint density at radius 2 is 1.60 bits per heavy atom. The molecule has 7 nitrogen and oxygen atoms in total. The van der Waals surface area contributed by atoms with Crippen molar-refractivity contribution in [2.24, 2.45) is 0 Å². The fourth-order valence-electron chi connectivity index (χ4n) is 2.68. The van der Waals surface area contributed by atoms with Crippen molar-refractivity contribution < 1.29 is 22.7 Å². The topological polar surface area (TPSA) is 92.8 Å². The van der Waals surface area contributed by atoms with Gasteiger partial charge in [0.1, 0.15) is 13.2 Å². The standard InChI is InChI=1S/C21H26N2O5S2/c1-4-23(5-2)30(26,27)19-12-8-17(9-13-19)21(25)22-14-20(24)28-15-16-6-10-18(29-3)11-7-16/h6-13H,4-5,14-15H2,1-3H3,(H,22,25). The molecular weight excluding hydrogens is 424 g/mol. The van der Waals surface area contributed by atoms with E-state index in [1.807, 2.05) is 30.5 Å². The summed E-state index contributed by atoms with van der Waals surface area (Å²) >= 11 is 1.63. The van der Waals surface area contributed by atoms with Crippen molar-refractivity contribution in [3.63, 3.8) is 0 Å². The summed E-state index contributed by atoms with van der Waals surface area (Å²) in [4.78, 5) is 25.3. The van der Waals surface area contributed by atoms with E-state index in [4.69, 9.17) is 4.74 Å². The zero-order chi connectivity index (χ0) is 22.1. The number of thioether (sulfide) groups is 1. The molecule has 30 heavy (non-hydrogen) atoms. The van der Waals surface area contributed by atoms with Crippen LogP contribution < -0.4 is 5.32 Å². The number of hydrogen-bond donors (Lipinski definition) is 1. The molecule has 0 atom stereocenters. The van der Waals surface area contributed by atoms with E-state index in [2.05, 4.69) is 5.32 Å². The second-order valence-electron chi connectivity index (χ2n) is 6.31. The molecular formula is C21H26N2O5S2. The van der Waals surface area contributed by atoms with Crippen molar-refractivity contribution >= 4 is 33.7 Å². The van der Waals surface area contributed by atoms with Gasteiger partial charge >= 0.3 is 5.97 Å². The summed E-state index contributed by atoms with van der Waals surface area (Å²) < 4.78 is 31.5. The molecule has 0 unspecified atom stereocenters. The summed E-state index contributed by atoms with van der Waals surface area (Å²) in [6, 6.07) is 13.3. The Morgan fingerprint density at radius 1 is 1.00 bits per heavy atom. The van der Waals surface area contributed by atoms with Crippen molar-refractivity contribution in [3.8, 4) is 0 Å². The number of sulfonamides is 1. The van der Waals surface area contributed by atoms with Gasteiger partial charge in [-0.3, -0.25) is 9.59 Å². The molecule has 1 N–H and O–H groups in total. The second-order valence-corrected chi connectivity index (χ2v) is 9.12. The van der Waals surface area contributed by atoms with Gasteiger partial charge in [-0.25, -0.2) is 8.42 Å². The first-order valence-corrected chi connectivity index (χ1v) is 12.1. The highest BCUT2D eigenvalue weighted by Crippen LogP contribution is 2.17. The molecule has 0 fully saturated rings. The minimum Gasteiger partial charge on any atom is -0.460 e. The van der Waals surface area contributed by atoms with E-state index in [-0.39, 0.29) is 23.6 Å². The third kappa shape index (κ3) is 6.32. The summed E-state index contributed by atoms with van der Waals surface area (Å²) in [5.41, 5.74) is 1.12. The first-order chi connectivity index (χ1) is 14.3. The molecule has 2 aromatic carbocycles. The van der Waals surface area contributed by atoms with Crippen molar-refractivity contribution in [3.05, 3.63) is 59.7 Å². The highest BCUT2D eigenvalue weighted by Gasteiger charge is 2.21. The first-order valence-electron chi connectivity index (χ1n) is 9.48. The molecule has 2 aromatic rings. The molecule has 1 amide bonds. The lowest BCUT2D eigenvalue weighted by molar-refractivity contribution is -0.143. The van der Waals surface area contributed by atoms with E-state index in [1.54, 1.807) is 25.6 Å². The van der Waals surface area contributed by atoms with Gasteiger partial charge in [0, 0.05) is 23.5 Å². The van der Waals surface area contributed by atoms with Gasteiger partial charge in [-0.2, -0.15) is 4.31 Å². The Labute approximate surface area is 181 Å². The van der Waals surface area contributed by atoms with E-state index in [0.29, 0.717) is 13.1 Å². The molecule has 2 rings (SSSR count). The maximum absolute atomic E-state index is 12.5. The number of carbonyl (C=O) groups excluding carboxylic acids is 2. The van der Waals surface area contributed by atoms with Crippen LogP contribution in [-0.4, -0.2) is 50.5 Å². The van der Waals surface area contributed by atoms with Crippen LogP contribution in [0.5, 0.6) is 0 Å². The zero-order valence-corrected chi connectivity index (χ0v) is 18.9. The zero-order valence-electron chi connectivity index (χ0n) is 17.3. The van der Waals surface area contributed by atoms with Crippen molar-refractivity contribution in [2.75, 3.05) is 25.9 Å². The smallest absolute Gasteiger partial charge is 0.325 e. The molecule has 0 aliphatic heterocycles. The molecule has 0 spiro atoms. The molecule has 0 heterocycles. The first kappa shape index (κ1) is 23.9. The molecule has 162 valence electrons. The minimum atomic E-state index is -3.58. The van der Waals surface area contributed by atoms with Gasteiger partial charge in [0.15, 0.2) is 0 Å². The van der Waals surface area contributed by atoms with Gasteiger partial charge in [0.2, 0.25) is 10.0 Å². The number of nitrogens with zero attached hydrogens (tertiary/aromatic N) is 1. The summed E-state index contributed by atoms with van der Waals surface area (Å²) in [6.07, 6.45) is 1.98. The monoisotopic (exact) mass is 450 g/mol. The lowest BCUT2D eigenvalue weighted by Crippen LogP contribution is -2.31. The van der Waals surface area contributed by atoms with Crippen LogP contribution in [0.1, 0.15) is 29.8 Å². The predicted octanol–water partition coefficient (Wildman–Crippen LogP) is 2.91. The summed E-state index contributed by atoms with van der Waals surface area (Å²) in [5.74, 6) is -1.04. The van der Waals surface area contributed by atoms with Crippen LogP contribution in [0.4, 0.5) is 0 Å². The van der Waals surface area contributed by atoms with Crippen LogP contribution in [0, 0.1) is 0 Å². The number of hydrogen-bond acceptors (Lipinski definition) is 6. The third-order valence-corrected chi connectivity index (χ3v) is 7.22. The molecule has 0 aromatic heterocycles. The maximum atomic E-state index is 12.5. The number of nitrogens with one attached hydrogen (secondary N) is 1. The van der Waals surface area contributed by atoms with Gasteiger partial charge in [0.25, 0.3) is 5.91 Å². The van der Waals surface area contributed by atoms with E-state index in [1.165, 1.54) is 28.6 Å². The maximum Gasteiger partial charge on any atom is 0.325 e. The Hall–Kier alpha value is -2.36. The normalized spacial score (nSPS) is 11.3. The summed E-state index contributed by atoms with van der Waals surface area (Å²) in [5, 5.41) is 2.48. The number of ether oxygens (including phenoxy) is 1. The average molecular weight is 451 g/mol. The molecule has 0 bridgehead atoms. The molecule has 0 radical (unpaired) electrons. The van der Waals surface area contributed by atoms with E-state index in [9.17, 15) is 18.0 Å². The lowest BCUT2D eigenvalue weighted by Gasteiger charge is -2.18. The molecule has 9 heteroatoms. The number of esters is 1. The molecule has 0 aliphatic carbocycles. The van der Waals surface area contributed by atoms with Crippen LogP contribution in [0.25, 0.3) is 0 Å². The predicted molar refractivity (Wildman–Crippen MR) is 117 cm³/mol. The van der Waals surface area contributed by atoms with Crippen molar-refractivity contribution in [1.82, 2.24) is 9.62 Å². The van der Waals surface area contributed by atoms with Crippen LogP contribution in [0.15, 0.2) is 58.3 Å². The fourth-order valence-corrected chi connectivity index (χ4v) is 4.55. The SMILES string of the molecule is CCN(CC)S(=O)(=O)c1ccc(C(=O)NCC(=O)OCc2ccc(SC)cc2)cc1. The fraction of sp³-hybridized carbons (Fsp3) is 0.333. The highest BCUT2D eigenvalue weighted by atomic mass is 32.2. The molecule has 0 saturated heterocycles. The van der Waals surface area contributed by atoms with Crippen LogP contribution in [0.2, 0.25) is 0 Å². The van der Waals surface area contributed by atoms with Gasteiger partial charge in [-0.05, 0) is 48.2 Å². The lowest BCUT2D eigenvalue weighted by atomic mass is 10.2. The minimum absolute atomic E-state index is 0.120. The van der Waals surface area contributed by atoms with E-state index < -0.39 is 21.9 Å². The Bertz CT molecular complexity index is 954. The van der Waals surface area contributed by atoms with Crippen molar-refractivity contribution in [1.29, 1.82) is 0 Å². The number of rotatable bonds is 10. The number of carbonyl (C=O) groups is 2. The summed E-state index contributed by atoms with van der Waals surface area (Å²) in [7, 11) is -3.58. The van der Waals surface area contributed by atoms with Gasteiger partial charge in [-0.15, -0.1) is 11.8 Å².